The fourth-order valence-corrected chi connectivity index (χ4v) is 9.84. The summed E-state index contributed by atoms with van der Waals surface area (Å²) in [4.78, 5) is 37.8. The lowest BCUT2D eigenvalue weighted by Crippen LogP contribution is -2.62. The number of fused-ring (bicyclic) bond motifs is 5. The van der Waals surface area contributed by atoms with E-state index in [4.69, 9.17) is 14.2 Å². The summed E-state index contributed by atoms with van der Waals surface area (Å²) in [6.07, 6.45) is 7.81. The van der Waals surface area contributed by atoms with Gasteiger partial charge in [0.1, 0.15) is 18.8 Å². The smallest absolute Gasteiger partial charge is 0.362 e. The fourth-order valence-electron chi connectivity index (χ4n) is 9.84. The summed E-state index contributed by atoms with van der Waals surface area (Å²) >= 11 is 0. The lowest BCUT2D eigenvalue weighted by Gasteiger charge is -2.63. The maximum Gasteiger partial charge on any atom is 0.362 e. The van der Waals surface area contributed by atoms with Gasteiger partial charge in [0.2, 0.25) is 0 Å². The van der Waals surface area contributed by atoms with Gasteiger partial charge < -0.3 is 28.3 Å². The van der Waals surface area contributed by atoms with E-state index in [9.17, 15) is 19.5 Å². The van der Waals surface area contributed by atoms with Gasteiger partial charge in [0.15, 0.2) is 13.1 Å². The monoisotopic (exact) mass is 590 g/mol. The predicted molar refractivity (Wildman–Crippen MR) is 157 cm³/mol. The Labute approximate surface area is 251 Å². The molecule has 0 spiro atoms. The topological polar surface area (TPSA) is 99.1 Å². The Morgan fingerprint density at radius 3 is 2.17 bits per heavy atom. The van der Waals surface area contributed by atoms with Crippen molar-refractivity contribution < 1.29 is 42.7 Å². The highest BCUT2D eigenvalue weighted by Crippen LogP contribution is 2.70. The predicted octanol–water partition coefficient (Wildman–Crippen LogP) is 3.09. The summed E-state index contributed by atoms with van der Waals surface area (Å²) in [5, 5.41) is 12.8. The molecule has 4 fully saturated rings. The molecule has 0 aromatic heterocycles. The number of nitrogens with zero attached hydrogens (tertiary/aromatic N) is 2. The van der Waals surface area contributed by atoms with Crippen LogP contribution in [-0.4, -0.2) is 112 Å². The SMILES string of the molecule is CC12CC[C@H](OC(=O)C[N+](C)(C)C)C[C@H]1CCC1C2CCC2(C)[C@@H](C3=CC(=O)OC3)C(OC(=O)C[N+](C)(C)C)C[C@]12O. The summed E-state index contributed by atoms with van der Waals surface area (Å²) in [5.41, 5.74) is -0.647. The van der Waals surface area contributed by atoms with Crippen LogP contribution in [0, 0.1) is 34.5 Å². The highest BCUT2D eigenvalue weighted by molar-refractivity contribution is 5.85. The van der Waals surface area contributed by atoms with Crippen LogP contribution in [0.2, 0.25) is 0 Å². The highest BCUT2D eigenvalue weighted by Gasteiger charge is 2.71. The third-order valence-electron chi connectivity index (χ3n) is 11.7. The van der Waals surface area contributed by atoms with Crippen molar-refractivity contribution in [3.8, 4) is 0 Å². The number of cyclic esters (lactones) is 1. The van der Waals surface area contributed by atoms with Gasteiger partial charge in [-0.25, -0.2) is 14.4 Å². The average molecular weight is 591 g/mol. The molecule has 0 saturated heterocycles. The van der Waals surface area contributed by atoms with Gasteiger partial charge in [-0.15, -0.1) is 0 Å². The van der Waals surface area contributed by atoms with Gasteiger partial charge in [-0.3, -0.25) is 0 Å². The van der Waals surface area contributed by atoms with Crippen LogP contribution >= 0.6 is 0 Å². The first-order valence-corrected chi connectivity index (χ1v) is 15.9. The molecule has 1 N–H and O–H groups in total. The Morgan fingerprint density at radius 1 is 0.929 bits per heavy atom. The van der Waals surface area contributed by atoms with Gasteiger partial charge >= 0.3 is 17.9 Å². The summed E-state index contributed by atoms with van der Waals surface area (Å²) in [7, 11) is 11.9. The summed E-state index contributed by atoms with van der Waals surface area (Å²) in [5.74, 6) is -0.152. The zero-order valence-corrected chi connectivity index (χ0v) is 27.1. The summed E-state index contributed by atoms with van der Waals surface area (Å²) in [6, 6.07) is 0. The lowest BCUT2D eigenvalue weighted by molar-refractivity contribution is -0.862. The second-order valence-electron chi connectivity index (χ2n) is 16.7. The second kappa shape index (κ2) is 10.6. The van der Waals surface area contributed by atoms with Crippen molar-refractivity contribution in [2.24, 2.45) is 34.5 Å². The summed E-state index contributed by atoms with van der Waals surface area (Å²) in [6.45, 7) is 5.36. The molecule has 0 bridgehead atoms. The number of carbonyl (C=O) groups is 3. The van der Waals surface area contributed by atoms with E-state index in [2.05, 4.69) is 13.8 Å². The fraction of sp³-hybridized carbons (Fsp3) is 0.848. The molecule has 9 nitrogen and oxygen atoms in total. The van der Waals surface area contributed by atoms with Gasteiger partial charge in [-0.2, -0.15) is 0 Å². The van der Waals surface area contributed by atoms with Crippen molar-refractivity contribution in [2.45, 2.75) is 83.0 Å². The molecule has 1 aliphatic heterocycles. The van der Waals surface area contributed by atoms with E-state index in [-0.39, 0.29) is 54.4 Å². The number of aliphatic hydroxyl groups is 1. The van der Waals surface area contributed by atoms with E-state index in [1.807, 2.05) is 42.3 Å². The minimum Gasteiger partial charge on any atom is -0.458 e. The molecular formula is C33H54N2O7+2. The van der Waals surface area contributed by atoms with Crippen molar-refractivity contribution in [1.29, 1.82) is 0 Å². The van der Waals surface area contributed by atoms with E-state index in [1.54, 1.807) is 6.08 Å². The first kappa shape index (κ1) is 31.5. The molecule has 4 aliphatic carbocycles. The first-order chi connectivity index (χ1) is 19.3. The number of ether oxygens (including phenoxy) is 3. The zero-order valence-electron chi connectivity index (χ0n) is 27.1. The van der Waals surface area contributed by atoms with Gasteiger partial charge in [-0.05, 0) is 73.7 Å². The Balaban J connectivity index is 1.37. The molecule has 0 radical (unpaired) electrons. The summed E-state index contributed by atoms with van der Waals surface area (Å²) < 4.78 is 18.5. The van der Waals surface area contributed by atoms with Crippen molar-refractivity contribution in [3.05, 3.63) is 11.6 Å². The van der Waals surface area contributed by atoms with E-state index in [0.29, 0.717) is 33.8 Å². The largest absolute Gasteiger partial charge is 0.458 e. The van der Waals surface area contributed by atoms with E-state index < -0.39 is 17.1 Å². The number of hydrogen-bond acceptors (Lipinski definition) is 7. The zero-order chi connectivity index (χ0) is 30.9. The molecule has 0 aromatic carbocycles. The van der Waals surface area contributed by atoms with Crippen LogP contribution in [-0.2, 0) is 28.6 Å². The van der Waals surface area contributed by atoms with Crippen LogP contribution in [0.4, 0.5) is 0 Å². The number of rotatable bonds is 7. The molecule has 0 aromatic rings. The molecule has 0 amide bonds. The molecule has 5 rings (SSSR count). The minimum absolute atomic E-state index is 0.0386. The van der Waals surface area contributed by atoms with Crippen molar-refractivity contribution in [1.82, 2.24) is 0 Å². The molecule has 9 heteroatoms. The quantitative estimate of drug-likeness (QED) is 0.276. The molecule has 4 saturated carbocycles. The van der Waals surface area contributed by atoms with Crippen LogP contribution in [0.15, 0.2) is 11.6 Å². The molecule has 42 heavy (non-hydrogen) atoms. The number of hydrogen-bond donors (Lipinski definition) is 1. The Bertz CT molecular complexity index is 1140. The minimum atomic E-state index is -1.02. The number of esters is 3. The molecule has 9 atom stereocenters. The van der Waals surface area contributed by atoms with E-state index in [0.717, 1.165) is 50.5 Å². The normalized spacial score (nSPS) is 41.6. The standard InChI is InChI=1S/C33H54N2O7/c1-31-13-11-23(41-28(37)18-34(3,4)5)16-22(31)9-10-25-24(31)12-14-32(2)30(21-15-27(36)40-20-21)26(17-33(25,32)39)42-29(38)19-35(6,7)8/h15,22-26,30,39H,9-14,16-20H2,1-8H3/q+2/t22-,23+,24?,25?,26?,30+,31?,32?,33+/m1/s1. The van der Waals surface area contributed by atoms with Gasteiger partial charge in [0.25, 0.3) is 0 Å². The van der Waals surface area contributed by atoms with E-state index >= 15 is 0 Å². The van der Waals surface area contributed by atoms with Crippen molar-refractivity contribution in [3.63, 3.8) is 0 Å². The molecule has 5 unspecified atom stereocenters. The van der Waals surface area contributed by atoms with Crippen LogP contribution in [0.3, 0.4) is 0 Å². The third-order valence-corrected chi connectivity index (χ3v) is 11.7. The van der Waals surface area contributed by atoms with Crippen molar-refractivity contribution >= 4 is 17.9 Å². The van der Waals surface area contributed by atoms with Gasteiger partial charge in [-0.1, -0.05) is 13.8 Å². The van der Waals surface area contributed by atoms with Crippen LogP contribution < -0.4 is 0 Å². The van der Waals surface area contributed by atoms with E-state index in [1.165, 1.54) is 0 Å². The molecule has 5 aliphatic rings. The highest BCUT2D eigenvalue weighted by atomic mass is 16.6. The molecule has 236 valence electrons. The Morgan fingerprint density at radius 2 is 1.57 bits per heavy atom. The van der Waals surface area contributed by atoms with Gasteiger partial charge in [0.05, 0.1) is 47.9 Å². The molecule has 1 heterocycles. The number of carbonyl (C=O) groups excluding carboxylic acids is 3. The second-order valence-corrected chi connectivity index (χ2v) is 16.7. The van der Waals surface area contributed by atoms with Crippen molar-refractivity contribution in [2.75, 3.05) is 62.0 Å². The number of quaternary nitrogens is 2. The Kier molecular flexibility index (Phi) is 7.93. The Hall–Kier alpha value is -1.97. The first-order valence-electron chi connectivity index (χ1n) is 15.9. The number of likely N-dealkylation sites (N-methyl/N-ethyl adjacent to an activating group) is 2. The van der Waals surface area contributed by atoms with Crippen LogP contribution in [0.5, 0.6) is 0 Å². The van der Waals surface area contributed by atoms with Gasteiger partial charge in [0, 0.05) is 23.8 Å². The van der Waals surface area contributed by atoms with Crippen LogP contribution in [0.1, 0.15) is 65.2 Å². The van der Waals surface area contributed by atoms with Crippen LogP contribution in [0.25, 0.3) is 0 Å². The lowest BCUT2D eigenvalue weighted by atomic mass is 9.43. The maximum atomic E-state index is 13.1. The third kappa shape index (κ3) is 5.65. The maximum absolute atomic E-state index is 13.1. The molecular weight excluding hydrogens is 536 g/mol. The average Bonchev–Trinajstić information content (AvgIpc) is 3.34.